The molecule has 1 aromatic carbocycles. The summed E-state index contributed by atoms with van der Waals surface area (Å²) < 4.78 is 40.8. The molecule has 0 radical (unpaired) electrons. The average Bonchev–Trinajstić information content (AvgIpc) is 3.52. The van der Waals surface area contributed by atoms with E-state index in [1.54, 1.807) is 9.80 Å². The van der Waals surface area contributed by atoms with E-state index in [4.69, 9.17) is 0 Å². The van der Waals surface area contributed by atoms with E-state index >= 15 is 0 Å². The van der Waals surface area contributed by atoms with Crippen molar-refractivity contribution in [2.75, 3.05) is 13.1 Å². The van der Waals surface area contributed by atoms with Crippen LogP contribution in [0.2, 0.25) is 0 Å². The summed E-state index contributed by atoms with van der Waals surface area (Å²) in [7, 11) is -4.99. The summed E-state index contributed by atoms with van der Waals surface area (Å²) in [6, 6.07) is 5.49. The zero-order valence-corrected chi connectivity index (χ0v) is 26.4. The number of aromatic nitrogens is 1. The number of benzene rings is 1. The number of amides is 3. The molecule has 2 aliphatic carbocycles. The molecule has 242 valence electrons. The minimum absolute atomic E-state index is 0.0737. The number of nitrogens with zero attached hydrogens (tertiary/aromatic N) is 3. The highest BCUT2D eigenvalue weighted by Gasteiger charge is 2.79. The molecule has 3 saturated heterocycles. The molecule has 3 aliphatic heterocycles. The smallest absolute Gasteiger partial charge is 0.340 e. The molecule has 3 aromatic rings. The maximum Gasteiger partial charge on any atom is 0.363 e. The van der Waals surface area contributed by atoms with Crippen LogP contribution in [0.15, 0.2) is 42.7 Å². The van der Waals surface area contributed by atoms with Gasteiger partial charge in [-0.1, -0.05) is 6.07 Å². The van der Waals surface area contributed by atoms with Gasteiger partial charge in [-0.05, 0) is 91.0 Å². The standard InChI is InChI=1S/C32H33F2N4O6PS/c33-23-5-7-35-14-20(23)17-6-8-37(15-17)31(41)25-3-2-19-11-21-22-12-32(21,22)13-24(30(40)38(19)25)36-29(39)27-10-18-9-16(1-4-26(18)46-27)28(34)45(42,43)44/h1,4-5,7,9-10,14,17,19,21-22,24-25,28H,2-3,6,8,11-13,15H2,(H,36,39)(H2,42,43,44)/t17-,19+,21+,22?,24-,25-,28?,32-/m0/s1. The number of alkyl halides is 1. The van der Waals surface area contributed by atoms with Crippen LogP contribution in [-0.4, -0.2) is 73.5 Å². The van der Waals surface area contributed by atoms with Gasteiger partial charge >= 0.3 is 7.60 Å². The van der Waals surface area contributed by atoms with E-state index in [0.717, 1.165) is 30.6 Å². The lowest BCUT2D eigenvalue weighted by atomic mass is 9.89. The zero-order chi connectivity index (χ0) is 32.1. The highest BCUT2D eigenvalue weighted by molar-refractivity contribution is 7.51. The Balaban J connectivity index is 1.01. The molecule has 5 fully saturated rings. The van der Waals surface area contributed by atoms with Crippen LogP contribution >= 0.6 is 18.9 Å². The van der Waals surface area contributed by atoms with Crippen LogP contribution in [0.25, 0.3) is 10.1 Å². The van der Waals surface area contributed by atoms with Gasteiger partial charge in [-0.25, -0.2) is 8.78 Å². The van der Waals surface area contributed by atoms with E-state index in [-0.39, 0.29) is 40.6 Å². The Morgan fingerprint density at radius 3 is 2.72 bits per heavy atom. The predicted molar refractivity (Wildman–Crippen MR) is 164 cm³/mol. The molecule has 14 heteroatoms. The highest BCUT2D eigenvalue weighted by Crippen LogP contribution is 2.83. The summed E-state index contributed by atoms with van der Waals surface area (Å²) in [5.74, 6) is -2.77. The Hall–Kier alpha value is -3.25. The van der Waals surface area contributed by atoms with Gasteiger partial charge in [0.05, 0.1) is 4.88 Å². The maximum absolute atomic E-state index is 14.5. The van der Waals surface area contributed by atoms with Crippen molar-refractivity contribution >= 4 is 46.7 Å². The van der Waals surface area contributed by atoms with E-state index in [1.165, 1.54) is 42.7 Å². The number of pyridine rings is 1. The largest absolute Gasteiger partial charge is 0.363 e. The second-order valence-electron chi connectivity index (χ2n) is 13.6. The summed E-state index contributed by atoms with van der Waals surface area (Å²) >= 11 is 1.15. The molecule has 5 aliphatic rings. The van der Waals surface area contributed by atoms with E-state index in [0.29, 0.717) is 64.7 Å². The molecule has 10 nitrogen and oxygen atoms in total. The predicted octanol–water partition coefficient (Wildman–Crippen LogP) is 4.49. The Labute approximate surface area is 267 Å². The van der Waals surface area contributed by atoms with Crippen LogP contribution < -0.4 is 5.32 Å². The van der Waals surface area contributed by atoms with Gasteiger partial charge in [0.15, 0.2) is 0 Å². The van der Waals surface area contributed by atoms with Gasteiger partial charge in [0, 0.05) is 47.7 Å². The molecule has 8 rings (SSSR count). The number of carbonyl (C=O) groups is 3. The molecule has 2 aromatic heterocycles. The second-order valence-corrected chi connectivity index (χ2v) is 16.3. The Kier molecular flexibility index (Phi) is 6.96. The van der Waals surface area contributed by atoms with Crippen molar-refractivity contribution in [2.45, 2.75) is 68.5 Å². The third kappa shape index (κ3) is 4.89. The summed E-state index contributed by atoms with van der Waals surface area (Å²) in [5.41, 5.74) is 0.394. The zero-order valence-electron chi connectivity index (χ0n) is 24.7. The average molecular weight is 671 g/mol. The number of hydrogen-bond acceptors (Lipinski definition) is 6. The molecular weight excluding hydrogens is 637 g/mol. The monoisotopic (exact) mass is 670 g/mol. The minimum atomic E-state index is -4.99. The van der Waals surface area contributed by atoms with Gasteiger partial charge in [0.25, 0.3) is 5.91 Å². The summed E-state index contributed by atoms with van der Waals surface area (Å²) in [5, 5.41) is 3.44. The van der Waals surface area contributed by atoms with Crippen LogP contribution in [-0.2, 0) is 14.2 Å². The Bertz CT molecular complexity index is 1830. The molecule has 0 bridgehead atoms. The number of nitrogens with one attached hydrogen (secondary N) is 1. The first-order valence-corrected chi connectivity index (χ1v) is 18.2. The first kappa shape index (κ1) is 30.1. The first-order chi connectivity index (χ1) is 21.9. The maximum atomic E-state index is 14.5. The van der Waals surface area contributed by atoms with Crippen LogP contribution in [0.1, 0.15) is 71.2 Å². The van der Waals surface area contributed by atoms with Crippen LogP contribution in [0.5, 0.6) is 0 Å². The SMILES string of the molecule is O=C(N[C@H]1C[C@]23CC2[C@H]3C[C@H]2CC[C@@H](C(=O)N3CC[C@H](c4cnccc4F)C3)N2C1=O)c1cc2cc(C(F)P(=O)(O)O)ccc2s1. The number of hydrogen-bond donors (Lipinski definition) is 3. The van der Waals surface area contributed by atoms with Crippen molar-refractivity contribution < 1.29 is 37.5 Å². The van der Waals surface area contributed by atoms with E-state index in [1.807, 2.05) is 0 Å². The molecule has 46 heavy (non-hydrogen) atoms. The topological polar surface area (TPSA) is 140 Å². The number of thiophene rings is 1. The van der Waals surface area contributed by atoms with Gasteiger partial charge in [0.1, 0.15) is 17.9 Å². The molecule has 2 saturated carbocycles. The highest BCUT2D eigenvalue weighted by atomic mass is 32.1. The number of carbonyl (C=O) groups excluding carboxylic acids is 3. The quantitative estimate of drug-likeness (QED) is 0.329. The van der Waals surface area contributed by atoms with Gasteiger partial charge in [0.2, 0.25) is 17.7 Å². The van der Waals surface area contributed by atoms with Crippen molar-refractivity contribution in [1.82, 2.24) is 20.1 Å². The molecule has 2 unspecified atom stereocenters. The fraction of sp³-hybridized carbons (Fsp3) is 0.500. The van der Waals surface area contributed by atoms with Crippen molar-refractivity contribution in [3.63, 3.8) is 0 Å². The van der Waals surface area contributed by atoms with Crippen LogP contribution in [0, 0.1) is 23.1 Å². The lowest BCUT2D eigenvalue weighted by Crippen LogP contribution is -2.57. The normalized spacial score (nSPS) is 32.3. The summed E-state index contributed by atoms with van der Waals surface area (Å²) in [6.07, 6.45) is 7.23. The van der Waals surface area contributed by atoms with Gasteiger partial charge in [-0.2, -0.15) is 0 Å². The minimum Gasteiger partial charge on any atom is -0.340 e. The van der Waals surface area contributed by atoms with Gasteiger partial charge in [-0.15, -0.1) is 11.3 Å². The second kappa shape index (κ2) is 10.6. The van der Waals surface area contributed by atoms with Crippen LogP contribution in [0.4, 0.5) is 8.78 Å². The van der Waals surface area contributed by atoms with Crippen molar-refractivity contribution in [3.05, 3.63) is 64.5 Å². The lowest BCUT2D eigenvalue weighted by Gasteiger charge is -2.37. The summed E-state index contributed by atoms with van der Waals surface area (Å²) in [4.78, 5) is 68.1. The Morgan fingerprint density at radius 2 is 1.96 bits per heavy atom. The molecule has 3 N–H and O–H groups in total. The lowest BCUT2D eigenvalue weighted by molar-refractivity contribution is -0.147. The van der Waals surface area contributed by atoms with Crippen molar-refractivity contribution in [2.24, 2.45) is 17.3 Å². The first-order valence-electron chi connectivity index (χ1n) is 15.7. The number of rotatable bonds is 6. The van der Waals surface area contributed by atoms with Crippen molar-refractivity contribution in [3.8, 4) is 0 Å². The Morgan fingerprint density at radius 1 is 1.13 bits per heavy atom. The fourth-order valence-corrected chi connectivity index (χ4v) is 10.0. The fourth-order valence-electron chi connectivity index (χ4n) is 8.54. The van der Waals surface area contributed by atoms with Crippen molar-refractivity contribution in [1.29, 1.82) is 0 Å². The molecule has 3 amide bonds. The van der Waals surface area contributed by atoms with E-state index in [9.17, 15) is 37.5 Å². The van der Waals surface area contributed by atoms with E-state index in [2.05, 4.69) is 10.3 Å². The summed E-state index contributed by atoms with van der Waals surface area (Å²) in [6.45, 7) is 0.837. The van der Waals surface area contributed by atoms with E-state index < -0.39 is 31.5 Å². The third-order valence-corrected chi connectivity index (χ3v) is 13.1. The number of likely N-dealkylation sites (tertiary alicyclic amines) is 1. The molecule has 5 heterocycles. The van der Waals surface area contributed by atoms with Crippen LogP contribution in [0.3, 0.4) is 0 Å². The number of fused-ring (bicyclic) bond motifs is 3. The molecular formula is C32H33F2N4O6PS. The molecule has 1 spiro atoms. The third-order valence-electron chi connectivity index (χ3n) is 11.1. The van der Waals surface area contributed by atoms with Gasteiger partial charge < -0.3 is 24.9 Å². The molecule has 8 atom stereocenters. The van der Waals surface area contributed by atoms with Gasteiger partial charge in [-0.3, -0.25) is 23.9 Å². The number of halogens is 2.